The number of rotatable bonds is 5. The number of amides is 1. The molecule has 1 saturated heterocycles. The summed E-state index contributed by atoms with van der Waals surface area (Å²) in [5, 5.41) is 11.1. The summed E-state index contributed by atoms with van der Waals surface area (Å²) in [6, 6.07) is 3.57. The summed E-state index contributed by atoms with van der Waals surface area (Å²) in [5.41, 5.74) is 0.738. The Labute approximate surface area is 120 Å². The van der Waals surface area contributed by atoms with E-state index in [0.717, 1.165) is 38.9 Å². The maximum Gasteiger partial charge on any atom is 0.274 e. The summed E-state index contributed by atoms with van der Waals surface area (Å²) >= 11 is 0. The van der Waals surface area contributed by atoms with Crippen LogP contribution in [-0.4, -0.2) is 40.6 Å². The van der Waals surface area contributed by atoms with Crippen LogP contribution in [0, 0.1) is 5.41 Å². The molecule has 1 fully saturated rings. The maximum atomic E-state index is 12.4. The van der Waals surface area contributed by atoms with E-state index in [2.05, 4.69) is 29.4 Å². The van der Waals surface area contributed by atoms with E-state index in [1.807, 2.05) is 17.9 Å². The minimum atomic E-state index is 0.00400. The van der Waals surface area contributed by atoms with Crippen molar-refractivity contribution in [3.8, 4) is 0 Å². The molecule has 0 atom stereocenters. The third-order valence-electron chi connectivity index (χ3n) is 4.47. The van der Waals surface area contributed by atoms with Gasteiger partial charge in [-0.15, -0.1) is 10.2 Å². The van der Waals surface area contributed by atoms with Crippen LogP contribution >= 0.6 is 0 Å². The van der Waals surface area contributed by atoms with E-state index in [4.69, 9.17) is 0 Å². The molecule has 0 radical (unpaired) electrons. The fourth-order valence-corrected chi connectivity index (χ4v) is 2.82. The van der Waals surface area contributed by atoms with Crippen LogP contribution in [0.2, 0.25) is 0 Å². The zero-order valence-corrected chi connectivity index (χ0v) is 12.6. The molecule has 1 aromatic heterocycles. The molecule has 2 rings (SSSR count). The lowest BCUT2D eigenvalue weighted by Crippen LogP contribution is -2.32. The van der Waals surface area contributed by atoms with Gasteiger partial charge < -0.3 is 10.2 Å². The van der Waals surface area contributed by atoms with Crippen molar-refractivity contribution in [3.63, 3.8) is 0 Å². The van der Waals surface area contributed by atoms with Gasteiger partial charge in [-0.2, -0.15) is 0 Å². The number of carbonyl (C=O) groups is 1. The van der Waals surface area contributed by atoms with Crippen LogP contribution in [0.1, 0.15) is 50.5 Å². The van der Waals surface area contributed by atoms with Crippen molar-refractivity contribution in [3.05, 3.63) is 17.8 Å². The van der Waals surface area contributed by atoms with Crippen molar-refractivity contribution in [2.75, 3.05) is 25.0 Å². The normalized spacial score (nSPS) is 17.2. The van der Waals surface area contributed by atoms with E-state index in [0.29, 0.717) is 16.9 Å². The average Bonchev–Trinajstić information content (AvgIpc) is 2.93. The van der Waals surface area contributed by atoms with Crippen LogP contribution in [0.25, 0.3) is 0 Å². The largest absolute Gasteiger partial charge is 0.369 e. The van der Waals surface area contributed by atoms with Crippen molar-refractivity contribution in [1.29, 1.82) is 0 Å². The quantitative estimate of drug-likeness (QED) is 0.898. The van der Waals surface area contributed by atoms with Gasteiger partial charge in [0.25, 0.3) is 5.91 Å². The molecule has 1 aromatic rings. The molecule has 1 aliphatic heterocycles. The molecule has 0 unspecified atom stereocenters. The third kappa shape index (κ3) is 2.92. The maximum absolute atomic E-state index is 12.4. The van der Waals surface area contributed by atoms with Gasteiger partial charge in [0.2, 0.25) is 0 Å². The molecule has 0 aliphatic carbocycles. The Hall–Kier alpha value is -1.65. The van der Waals surface area contributed by atoms with Crippen molar-refractivity contribution >= 4 is 11.7 Å². The second kappa shape index (κ2) is 6.20. The molecule has 2 heterocycles. The lowest BCUT2D eigenvalue weighted by molar-refractivity contribution is 0.0763. The lowest BCUT2D eigenvalue weighted by Gasteiger charge is -2.26. The molecule has 110 valence electrons. The minimum Gasteiger partial charge on any atom is -0.369 e. The van der Waals surface area contributed by atoms with Gasteiger partial charge in [0.05, 0.1) is 0 Å². The lowest BCUT2D eigenvalue weighted by atomic mass is 9.82. The van der Waals surface area contributed by atoms with Gasteiger partial charge in [-0.25, -0.2) is 0 Å². The summed E-state index contributed by atoms with van der Waals surface area (Å²) in [6.45, 7) is 8.89. The van der Waals surface area contributed by atoms with Gasteiger partial charge in [0.15, 0.2) is 5.69 Å². The van der Waals surface area contributed by atoms with Crippen LogP contribution < -0.4 is 5.32 Å². The van der Waals surface area contributed by atoms with Crippen molar-refractivity contribution in [2.24, 2.45) is 5.41 Å². The summed E-state index contributed by atoms with van der Waals surface area (Å²) in [5.74, 6) is 0.714. The number of aromatic nitrogens is 2. The number of anilines is 1. The molecule has 0 aromatic carbocycles. The van der Waals surface area contributed by atoms with Crippen molar-refractivity contribution < 1.29 is 4.79 Å². The Morgan fingerprint density at radius 2 is 2.05 bits per heavy atom. The van der Waals surface area contributed by atoms with Crippen molar-refractivity contribution in [2.45, 2.75) is 40.0 Å². The van der Waals surface area contributed by atoms with Gasteiger partial charge in [0.1, 0.15) is 5.82 Å². The first-order valence-electron chi connectivity index (χ1n) is 7.51. The predicted molar refractivity (Wildman–Crippen MR) is 79.7 cm³/mol. The summed E-state index contributed by atoms with van der Waals surface area (Å²) in [6.07, 6.45) is 3.34. The number of hydrogen-bond acceptors (Lipinski definition) is 4. The summed E-state index contributed by atoms with van der Waals surface area (Å²) in [7, 11) is 0. The second-order valence-corrected chi connectivity index (χ2v) is 5.52. The van der Waals surface area contributed by atoms with Crippen LogP contribution in [0.5, 0.6) is 0 Å². The summed E-state index contributed by atoms with van der Waals surface area (Å²) in [4.78, 5) is 14.4. The first kappa shape index (κ1) is 14.8. The molecule has 1 amide bonds. The standard InChI is InChI=1S/C15H24N4O/c1-4-15(5-2)9-10-19(11-15)14(20)12-7-8-13(16-6-3)18-17-12/h7-8H,4-6,9-11H2,1-3H3,(H,16,18). The van der Waals surface area contributed by atoms with Crippen molar-refractivity contribution in [1.82, 2.24) is 15.1 Å². The molecule has 1 N–H and O–H groups in total. The number of nitrogens with zero attached hydrogens (tertiary/aromatic N) is 3. The number of likely N-dealkylation sites (tertiary alicyclic amines) is 1. The molecule has 0 bridgehead atoms. The first-order valence-corrected chi connectivity index (χ1v) is 7.51. The third-order valence-corrected chi connectivity index (χ3v) is 4.47. The first-order chi connectivity index (χ1) is 9.64. The van der Waals surface area contributed by atoms with Crippen LogP contribution in [0.4, 0.5) is 5.82 Å². The van der Waals surface area contributed by atoms with E-state index in [1.54, 1.807) is 6.07 Å². The number of hydrogen-bond donors (Lipinski definition) is 1. The highest BCUT2D eigenvalue weighted by atomic mass is 16.2. The molecular weight excluding hydrogens is 252 g/mol. The average molecular weight is 276 g/mol. The van der Waals surface area contributed by atoms with Crippen LogP contribution in [0.15, 0.2) is 12.1 Å². The van der Waals surface area contributed by atoms with E-state index in [1.165, 1.54) is 0 Å². The van der Waals surface area contributed by atoms with E-state index < -0.39 is 0 Å². The fraction of sp³-hybridized carbons (Fsp3) is 0.667. The van der Waals surface area contributed by atoms with Gasteiger partial charge in [-0.05, 0) is 43.7 Å². The molecule has 0 saturated carbocycles. The van der Waals surface area contributed by atoms with E-state index in [-0.39, 0.29) is 5.91 Å². The smallest absolute Gasteiger partial charge is 0.274 e. The number of nitrogens with one attached hydrogen (secondary N) is 1. The SMILES string of the molecule is CCNc1ccc(C(=O)N2CCC(CC)(CC)C2)nn1. The Kier molecular flexibility index (Phi) is 4.57. The van der Waals surface area contributed by atoms with E-state index in [9.17, 15) is 4.79 Å². The topological polar surface area (TPSA) is 58.1 Å². The highest BCUT2D eigenvalue weighted by Gasteiger charge is 2.37. The molecule has 1 aliphatic rings. The molecule has 20 heavy (non-hydrogen) atoms. The van der Waals surface area contributed by atoms with Crippen LogP contribution in [0.3, 0.4) is 0 Å². The monoisotopic (exact) mass is 276 g/mol. The Balaban J connectivity index is 2.05. The summed E-state index contributed by atoms with van der Waals surface area (Å²) < 4.78 is 0. The second-order valence-electron chi connectivity index (χ2n) is 5.52. The Morgan fingerprint density at radius 1 is 1.30 bits per heavy atom. The van der Waals surface area contributed by atoms with E-state index >= 15 is 0 Å². The van der Waals surface area contributed by atoms with Gasteiger partial charge >= 0.3 is 0 Å². The van der Waals surface area contributed by atoms with Gasteiger partial charge in [-0.1, -0.05) is 13.8 Å². The van der Waals surface area contributed by atoms with Gasteiger partial charge in [0, 0.05) is 19.6 Å². The molecule has 5 heteroatoms. The minimum absolute atomic E-state index is 0.00400. The molecular formula is C15H24N4O. The molecule has 5 nitrogen and oxygen atoms in total. The Bertz CT molecular complexity index is 453. The zero-order valence-electron chi connectivity index (χ0n) is 12.6. The van der Waals surface area contributed by atoms with Crippen LogP contribution in [-0.2, 0) is 0 Å². The Morgan fingerprint density at radius 3 is 2.55 bits per heavy atom. The highest BCUT2D eigenvalue weighted by Crippen LogP contribution is 2.37. The molecule has 0 spiro atoms. The fourth-order valence-electron chi connectivity index (χ4n) is 2.82. The number of carbonyl (C=O) groups excluding carboxylic acids is 1. The highest BCUT2D eigenvalue weighted by molar-refractivity contribution is 5.92. The predicted octanol–water partition coefficient (Wildman–Crippen LogP) is 2.56. The van der Waals surface area contributed by atoms with Gasteiger partial charge in [-0.3, -0.25) is 4.79 Å². The zero-order chi connectivity index (χ0) is 14.6.